The molecule has 0 bridgehead atoms. The Bertz CT molecular complexity index is 915. The molecule has 3 aromatic heterocycles. The molecule has 4 N–H and O–H groups in total. The number of nitrogens with two attached hydrogens (primary N) is 1. The standard InChI is InChI=1S/C15H20N8O2/c1-15(2,3)25-14(24)19-8-7-17-11-9-5-4-6-18-12(9)23-13(10(11)16)20-21-22-23/h4-6,17H,7-8,16H2,1-3H3,(H,19,24). The first-order valence-corrected chi connectivity index (χ1v) is 7.82. The zero-order chi connectivity index (χ0) is 18.0. The molecule has 0 fully saturated rings. The lowest BCUT2D eigenvalue weighted by molar-refractivity contribution is 0.0530. The molecular weight excluding hydrogens is 324 g/mol. The third kappa shape index (κ3) is 3.52. The van der Waals surface area contributed by atoms with E-state index in [4.69, 9.17) is 10.5 Å². The van der Waals surface area contributed by atoms with Gasteiger partial charge in [-0.15, -0.1) is 5.10 Å². The van der Waals surface area contributed by atoms with Crippen LogP contribution in [0.3, 0.4) is 0 Å². The van der Waals surface area contributed by atoms with E-state index in [1.54, 1.807) is 6.20 Å². The summed E-state index contributed by atoms with van der Waals surface area (Å²) in [5.41, 5.74) is 7.77. The van der Waals surface area contributed by atoms with Gasteiger partial charge in [0.1, 0.15) is 11.3 Å². The van der Waals surface area contributed by atoms with Crippen LogP contribution in [0.5, 0.6) is 0 Å². The van der Waals surface area contributed by atoms with Gasteiger partial charge < -0.3 is 21.1 Å². The number of aromatic nitrogens is 5. The smallest absolute Gasteiger partial charge is 0.407 e. The number of tetrazole rings is 1. The van der Waals surface area contributed by atoms with Gasteiger partial charge in [-0.2, -0.15) is 4.52 Å². The molecule has 3 aromatic rings. The Balaban J connectivity index is 1.75. The van der Waals surface area contributed by atoms with Gasteiger partial charge in [0.15, 0.2) is 5.65 Å². The second-order valence-electron chi connectivity index (χ2n) is 6.43. The van der Waals surface area contributed by atoms with Gasteiger partial charge in [-0.05, 0) is 43.3 Å². The van der Waals surface area contributed by atoms with Crippen molar-refractivity contribution in [3.63, 3.8) is 0 Å². The molecule has 0 radical (unpaired) electrons. The maximum absolute atomic E-state index is 11.7. The van der Waals surface area contributed by atoms with Crippen LogP contribution in [0.15, 0.2) is 18.3 Å². The molecule has 25 heavy (non-hydrogen) atoms. The van der Waals surface area contributed by atoms with Crippen LogP contribution in [0.1, 0.15) is 20.8 Å². The number of amides is 1. The van der Waals surface area contributed by atoms with Gasteiger partial charge in [0, 0.05) is 24.7 Å². The Morgan fingerprint density at radius 2 is 2.12 bits per heavy atom. The molecule has 0 aromatic carbocycles. The molecule has 0 aliphatic heterocycles. The molecule has 3 heterocycles. The molecule has 0 atom stereocenters. The third-order valence-electron chi connectivity index (χ3n) is 3.33. The van der Waals surface area contributed by atoms with Crippen LogP contribution in [0, 0.1) is 0 Å². The molecule has 10 nitrogen and oxygen atoms in total. The van der Waals surface area contributed by atoms with Gasteiger partial charge in [0.25, 0.3) is 0 Å². The summed E-state index contributed by atoms with van der Waals surface area (Å²) >= 11 is 0. The van der Waals surface area contributed by atoms with Crippen molar-refractivity contribution in [2.45, 2.75) is 26.4 Å². The number of carbonyl (C=O) groups excluding carboxylic acids is 1. The number of hydrogen-bond donors (Lipinski definition) is 3. The molecular formula is C15H20N8O2. The number of nitrogens with one attached hydrogen (secondary N) is 2. The first-order chi connectivity index (χ1) is 11.9. The van der Waals surface area contributed by atoms with Crippen molar-refractivity contribution >= 4 is 34.1 Å². The van der Waals surface area contributed by atoms with Gasteiger partial charge >= 0.3 is 6.09 Å². The highest BCUT2D eigenvalue weighted by molar-refractivity contribution is 6.00. The van der Waals surface area contributed by atoms with Gasteiger partial charge in [-0.25, -0.2) is 9.78 Å². The lowest BCUT2D eigenvalue weighted by Crippen LogP contribution is -2.35. The summed E-state index contributed by atoms with van der Waals surface area (Å²) in [6.07, 6.45) is 1.19. The van der Waals surface area contributed by atoms with Gasteiger partial charge in [-0.3, -0.25) is 0 Å². The van der Waals surface area contributed by atoms with Crippen molar-refractivity contribution in [1.82, 2.24) is 30.3 Å². The summed E-state index contributed by atoms with van der Waals surface area (Å²) in [6, 6.07) is 3.69. The minimum absolute atomic E-state index is 0.367. The SMILES string of the molecule is CC(C)(C)OC(=O)NCCNc1c(N)c2nnnn2c2ncccc12. The van der Waals surface area contributed by atoms with Crippen LogP contribution in [0.2, 0.25) is 0 Å². The average molecular weight is 344 g/mol. The highest BCUT2D eigenvalue weighted by Crippen LogP contribution is 2.30. The molecule has 0 saturated heterocycles. The first-order valence-electron chi connectivity index (χ1n) is 7.82. The van der Waals surface area contributed by atoms with Gasteiger partial charge in [0.05, 0.1) is 5.69 Å². The zero-order valence-corrected chi connectivity index (χ0v) is 14.3. The lowest BCUT2D eigenvalue weighted by Gasteiger charge is -2.20. The molecule has 10 heteroatoms. The van der Waals surface area contributed by atoms with E-state index in [-0.39, 0.29) is 0 Å². The van der Waals surface area contributed by atoms with E-state index in [1.165, 1.54) is 4.52 Å². The highest BCUT2D eigenvalue weighted by Gasteiger charge is 2.17. The number of nitrogens with zero attached hydrogens (tertiary/aromatic N) is 5. The molecule has 1 amide bonds. The predicted molar refractivity (Wildman–Crippen MR) is 93.2 cm³/mol. The summed E-state index contributed by atoms with van der Waals surface area (Å²) in [5, 5.41) is 18.2. The van der Waals surface area contributed by atoms with Crippen molar-refractivity contribution < 1.29 is 9.53 Å². The van der Waals surface area contributed by atoms with E-state index in [9.17, 15) is 4.79 Å². The summed E-state index contributed by atoms with van der Waals surface area (Å²) in [5.74, 6) is 0. The molecule has 132 valence electrons. The maximum Gasteiger partial charge on any atom is 0.407 e. The van der Waals surface area contributed by atoms with Crippen molar-refractivity contribution in [3.05, 3.63) is 18.3 Å². The van der Waals surface area contributed by atoms with Crippen LogP contribution in [-0.4, -0.2) is 49.8 Å². The van der Waals surface area contributed by atoms with Gasteiger partial charge in [0.2, 0.25) is 5.65 Å². The number of hydrogen-bond acceptors (Lipinski definition) is 8. The normalized spacial score (nSPS) is 11.6. The molecule has 0 spiro atoms. The van der Waals surface area contributed by atoms with Crippen LogP contribution in [0.25, 0.3) is 16.7 Å². The minimum Gasteiger partial charge on any atom is -0.444 e. The Hall–Kier alpha value is -3.17. The van der Waals surface area contributed by atoms with Crippen LogP contribution in [-0.2, 0) is 4.74 Å². The van der Waals surface area contributed by atoms with E-state index in [0.29, 0.717) is 35.8 Å². The topological polar surface area (TPSA) is 132 Å². The number of rotatable bonds is 4. The molecule has 0 saturated carbocycles. The predicted octanol–water partition coefficient (Wildman–Crippen LogP) is 1.19. The summed E-state index contributed by atoms with van der Waals surface area (Å²) in [6.45, 7) is 6.25. The minimum atomic E-state index is -0.532. The number of fused-ring (bicyclic) bond motifs is 3. The van der Waals surface area contributed by atoms with Crippen molar-refractivity contribution in [2.24, 2.45) is 0 Å². The molecule has 0 aliphatic carbocycles. The largest absolute Gasteiger partial charge is 0.444 e. The Labute approximate surface area is 143 Å². The zero-order valence-electron chi connectivity index (χ0n) is 14.3. The average Bonchev–Trinajstić information content (AvgIpc) is 3.02. The first kappa shape index (κ1) is 16.7. The monoisotopic (exact) mass is 344 g/mol. The van der Waals surface area contributed by atoms with E-state index >= 15 is 0 Å². The fraction of sp³-hybridized carbons (Fsp3) is 0.400. The number of carbonyl (C=O) groups is 1. The van der Waals surface area contributed by atoms with E-state index < -0.39 is 11.7 Å². The van der Waals surface area contributed by atoms with Crippen LogP contribution < -0.4 is 16.4 Å². The maximum atomic E-state index is 11.7. The van der Waals surface area contributed by atoms with Crippen molar-refractivity contribution in [1.29, 1.82) is 0 Å². The van der Waals surface area contributed by atoms with Crippen LogP contribution in [0.4, 0.5) is 16.2 Å². The second kappa shape index (κ2) is 6.38. The van der Waals surface area contributed by atoms with E-state index in [2.05, 4.69) is 31.1 Å². The fourth-order valence-electron chi connectivity index (χ4n) is 2.37. The van der Waals surface area contributed by atoms with E-state index in [0.717, 1.165) is 5.39 Å². The summed E-state index contributed by atoms with van der Waals surface area (Å²) < 4.78 is 6.68. The number of pyridine rings is 2. The number of anilines is 2. The van der Waals surface area contributed by atoms with Crippen molar-refractivity contribution in [3.8, 4) is 0 Å². The number of nitrogen functional groups attached to an aromatic ring is 1. The van der Waals surface area contributed by atoms with Crippen molar-refractivity contribution in [2.75, 3.05) is 24.1 Å². The van der Waals surface area contributed by atoms with E-state index in [1.807, 2.05) is 32.9 Å². The Morgan fingerprint density at radius 1 is 1.32 bits per heavy atom. The molecule has 3 rings (SSSR count). The summed E-state index contributed by atoms with van der Waals surface area (Å²) in [7, 11) is 0. The third-order valence-corrected chi connectivity index (χ3v) is 3.33. The summed E-state index contributed by atoms with van der Waals surface area (Å²) in [4.78, 5) is 16.0. The highest BCUT2D eigenvalue weighted by atomic mass is 16.6. The fourth-order valence-corrected chi connectivity index (χ4v) is 2.37. The molecule has 0 unspecified atom stereocenters. The Morgan fingerprint density at radius 3 is 2.88 bits per heavy atom. The van der Waals surface area contributed by atoms with Gasteiger partial charge in [-0.1, -0.05) is 0 Å². The number of alkyl carbamates (subject to hydrolysis) is 1. The van der Waals surface area contributed by atoms with Crippen LogP contribution >= 0.6 is 0 Å². The quantitative estimate of drug-likeness (QED) is 0.601. The molecule has 0 aliphatic rings. The lowest BCUT2D eigenvalue weighted by atomic mass is 10.2. The Kier molecular flexibility index (Phi) is 4.26. The second-order valence-corrected chi connectivity index (χ2v) is 6.43. The number of ether oxygens (including phenoxy) is 1.